The lowest BCUT2D eigenvalue weighted by Crippen LogP contribution is -2.34. The Morgan fingerprint density at radius 3 is 2.47 bits per heavy atom. The Balaban J connectivity index is 3.53. The van der Waals surface area contributed by atoms with Crippen LogP contribution >= 0.6 is 0 Å². The molecule has 0 aliphatic rings. The quantitative estimate of drug-likeness (QED) is 0.285. The van der Waals surface area contributed by atoms with Gasteiger partial charge >= 0.3 is 0 Å². The summed E-state index contributed by atoms with van der Waals surface area (Å²) >= 11 is 0. The van der Waals surface area contributed by atoms with Crippen LogP contribution in [0.2, 0.25) is 6.04 Å². The molecule has 0 saturated heterocycles. The number of hydrogen-bond donors (Lipinski definition) is 1. The number of carbonyl (C=O) groups excluding carboxylic acids is 1. The van der Waals surface area contributed by atoms with Gasteiger partial charge in [-0.05, 0) is 19.4 Å². The monoisotopic (exact) mass is 261 g/mol. The van der Waals surface area contributed by atoms with E-state index >= 15 is 0 Å². The Hall–Kier alpha value is -0.693. The molecule has 5 nitrogen and oxygen atoms in total. The SMILES string of the molecule is C=C(C)C(=O)NCCC[SiH2]OC(C)(OC)OC. The fourth-order valence-electron chi connectivity index (χ4n) is 1.04. The summed E-state index contributed by atoms with van der Waals surface area (Å²) in [4.78, 5) is 11.2. The first-order valence-electron chi connectivity index (χ1n) is 5.63. The van der Waals surface area contributed by atoms with Crippen molar-refractivity contribution < 1.29 is 18.7 Å². The van der Waals surface area contributed by atoms with Crippen molar-refractivity contribution in [3.05, 3.63) is 12.2 Å². The second kappa shape index (κ2) is 8.41. The van der Waals surface area contributed by atoms with Gasteiger partial charge < -0.3 is 19.2 Å². The summed E-state index contributed by atoms with van der Waals surface area (Å²) in [7, 11) is 2.39. The van der Waals surface area contributed by atoms with Gasteiger partial charge in [0.25, 0.3) is 5.97 Å². The Morgan fingerprint density at radius 2 is 2.00 bits per heavy atom. The van der Waals surface area contributed by atoms with E-state index in [1.165, 1.54) is 0 Å². The van der Waals surface area contributed by atoms with Gasteiger partial charge in [-0.3, -0.25) is 4.79 Å². The van der Waals surface area contributed by atoms with E-state index in [0.29, 0.717) is 12.1 Å². The van der Waals surface area contributed by atoms with Crippen molar-refractivity contribution in [2.75, 3.05) is 20.8 Å². The number of carbonyl (C=O) groups is 1. The summed E-state index contributed by atoms with van der Waals surface area (Å²) < 4.78 is 15.7. The number of methoxy groups -OCH3 is 2. The zero-order valence-corrected chi connectivity index (χ0v) is 12.6. The molecule has 1 amide bonds. The maximum absolute atomic E-state index is 11.2. The van der Waals surface area contributed by atoms with E-state index in [9.17, 15) is 4.79 Å². The Bertz CT molecular complexity index is 254. The lowest BCUT2D eigenvalue weighted by Gasteiger charge is -2.26. The zero-order chi connectivity index (χ0) is 13.3. The van der Waals surface area contributed by atoms with E-state index in [1.807, 2.05) is 0 Å². The van der Waals surface area contributed by atoms with Crippen LogP contribution in [0.3, 0.4) is 0 Å². The van der Waals surface area contributed by atoms with Gasteiger partial charge in [0.05, 0.1) is 0 Å². The standard InChI is InChI=1S/C11H23NO4Si/c1-9(2)10(13)12-7-6-8-17-16-11(3,14-4)15-5/h1,6-8,17H2,2-5H3,(H,12,13). The molecule has 0 aromatic rings. The van der Waals surface area contributed by atoms with Gasteiger partial charge in [0.2, 0.25) is 5.91 Å². The predicted octanol–water partition coefficient (Wildman–Crippen LogP) is 0.554. The summed E-state index contributed by atoms with van der Waals surface area (Å²) in [6.45, 7) is 7.64. The fraction of sp³-hybridized carbons (Fsp3) is 0.727. The molecule has 1 N–H and O–H groups in total. The molecule has 0 rings (SSSR count). The highest BCUT2D eigenvalue weighted by Crippen LogP contribution is 2.11. The number of ether oxygens (including phenoxy) is 2. The van der Waals surface area contributed by atoms with Crippen molar-refractivity contribution in [2.45, 2.75) is 32.3 Å². The number of rotatable bonds is 9. The smallest absolute Gasteiger partial charge is 0.269 e. The van der Waals surface area contributed by atoms with Gasteiger partial charge in [0, 0.05) is 33.3 Å². The maximum Gasteiger partial charge on any atom is 0.269 e. The molecule has 0 atom stereocenters. The maximum atomic E-state index is 11.2. The van der Waals surface area contributed by atoms with Crippen molar-refractivity contribution in [1.29, 1.82) is 0 Å². The van der Waals surface area contributed by atoms with Crippen LogP contribution < -0.4 is 5.32 Å². The molecule has 0 aliphatic carbocycles. The minimum absolute atomic E-state index is 0.0915. The largest absolute Gasteiger partial charge is 0.376 e. The highest BCUT2D eigenvalue weighted by Gasteiger charge is 2.22. The second-order valence-electron chi connectivity index (χ2n) is 3.86. The van der Waals surface area contributed by atoms with Crippen LogP contribution in [0.25, 0.3) is 0 Å². The molecule has 17 heavy (non-hydrogen) atoms. The molecule has 0 radical (unpaired) electrons. The van der Waals surface area contributed by atoms with Crippen molar-refractivity contribution in [3.63, 3.8) is 0 Å². The topological polar surface area (TPSA) is 56.8 Å². The molecular formula is C11H23NO4Si. The second-order valence-corrected chi connectivity index (χ2v) is 5.27. The molecule has 0 aromatic heterocycles. The van der Waals surface area contributed by atoms with Crippen LogP contribution in [-0.4, -0.2) is 42.4 Å². The molecule has 0 bridgehead atoms. The van der Waals surface area contributed by atoms with Gasteiger partial charge in [-0.2, -0.15) is 0 Å². The van der Waals surface area contributed by atoms with Gasteiger partial charge in [-0.15, -0.1) is 0 Å². The van der Waals surface area contributed by atoms with Crippen molar-refractivity contribution >= 4 is 15.7 Å². The molecule has 0 aromatic carbocycles. The number of amides is 1. The zero-order valence-electron chi connectivity index (χ0n) is 11.2. The van der Waals surface area contributed by atoms with E-state index in [-0.39, 0.29) is 5.91 Å². The minimum Gasteiger partial charge on any atom is -0.376 e. The molecule has 0 fully saturated rings. The Morgan fingerprint density at radius 1 is 1.41 bits per heavy atom. The first kappa shape index (κ1) is 16.3. The van der Waals surface area contributed by atoms with Crippen LogP contribution in [0, 0.1) is 0 Å². The van der Waals surface area contributed by atoms with Crippen LogP contribution in [0.4, 0.5) is 0 Å². The highest BCUT2D eigenvalue weighted by atomic mass is 28.2. The predicted molar refractivity (Wildman–Crippen MR) is 69.3 cm³/mol. The number of hydrogen-bond acceptors (Lipinski definition) is 4. The highest BCUT2D eigenvalue weighted by molar-refractivity contribution is 6.27. The van der Waals surface area contributed by atoms with Gasteiger partial charge in [-0.25, -0.2) is 0 Å². The molecule has 100 valence electrons. The van der Waals surface area contributed by atoms with Crippen molar-refractivity contribution in [3.8, 4) is 0 Å². The summed E-state index contributed by atoms with van der Waals surface area (Å²) in [5, 5.41) is 2.77. The molecule has 0 saturated carbocycles. The van der Waals surface area contributed by atoms with E-state index < -0.39 is 15.7 Å². The van der Waals surface area contributed by atoms with Crippen LogP contribution in [0.15, 0.2) is 12.2 Å². The minimum atomic E-state index is -0.923. The van der Waals surface area contributed by atoms with Crippen LogP contribution in [0.1, 0.15) is 20.3 Å². The average molecular weight is 261 g/mol. The molecule has 6 heteroatoms. The van der Waals surface area contributed by atoms with Gasteiger partial charge in [0.15, 0.2) is 9.76 Å². The van der Waals surface area contributed by atoms with Crippen LogP contribution in [0.5, 0.6) is 0 Å². The summed E-state index contributed by atoms with van der Waals surface area (Å²) in [6.07, 6.45) is 0.898. The number of nitrogens with one attached hydrogen (secondary N) is 1. The Labute approximate surface area is 105 Å². The molecule has 0 heterocycles. The van der Waals surface area contributed by atoms with Crippen molar-refractivity contribution in [1.82, 2.24) is 5.32 Å². The average Bonchev–Trinajstić information content (AvgIpc) is 2.32. The first-order valence-corrected chi connectivity index (χ1v) is 7.21. The van der Waals surface area contributed by atoms with Crippen LogP contribution in [-0.2, 0) is 18.7 Å². The molecule has 0 unspecified atom stereocenters. The molecule has 0 spiro atoms. The normalized spacial score (nSPS) is 12.0. The first-order chi connectivity index (χ1) is 7.95. The van der Waals surface area contributed by atoms with E-state index in [1.54, 1.807) is 28.1 Å². The third-order valence-electron chi connectivity index (χ3n) is 2.35. The van der Waals surface area contributed by atoms with E-state index in [0.717, 1.165) is 12.5 Å². The molecular weight excluding hydrogens is 238 g/mol. The fourth-order valence-corrected chi connectivity index (χ4v) is 2.24. The summed E-state index contributed by atoms with van der Waals surface area (Å²) in [5.41, 5.74) is 0.532. The third kappa shape index (κ3) is 7.27. The Kier molecular flexibility index (Phi) is 8.06. The summed E-state index contributed by atoms with van der Waals surface area (Å²) in [6, 6.07) is 0.957. The van der Waals surface area contributed by atoms with Gasteiger partial charge in [0.1, 0.15) is 0 Å². The molecule has 0 aliphatic heterocycles. The lowest BCUT2D eigenvalue weighted by atomic mass is 10.3. The van der Waals surface area contributed by atoms with Gasteiger partial charge in [-0.1, -0.05) is 6.58 Å². The van der Waals surface area contributed by atoms with Crippen molar-refractivity contribution in [2.24, 2.45) is 0 Å². The summed E-state index contributed by atoms with van der Waals surface area (Å²) in [5.74, 6) is -1.01. The lowest BCUT2D eigenvalue weighted by molar-refractivity contribution is -0.310. The van der Waals surface area contributed by atoms with E-state index in [2.05, 4.69) is 11.9 Å². The third-order valence-corrected chi connectivity index (χ3v) is 3.87. The van der Waals surface area contributed by atoms with E-state index in [4.69, 9.17) is 13.9 Å².